The zero-order valence-electron chi connectivity index (χ0n) is 8.63. The fourth-order valence-corrected chi connectivity index (χ4v) is 1.53. The summed E-state index contributed by atoms with van der Waals surface area (Å²) in [5.74, 6) is 0.620. The minimum Gasteiger partial charge on any atom is -0.355 e. The van der Waals surface area contributed by atoms with Crippen LogP contribution in [0.5, 0.6) is 0 Å². The molecule has 1 heterocycles. The summed E-state index contributed by atoms with van der Waals surface area (Å²) < 4.78 is 12.7. The first-order valence-corrected chi connectivity index (χ1v) is 5.06. The first kappa shape index (κ1) is 9.96. The van der Waals surface area contributed by atoms with Crippen molar-refractivity contribution in [2.45, 2.75) is 13.0 Å². The molecule has 0 saturated carbocycles. The van der Waals surface area contributed by atoms with Gasteiger partial charge in [0, 0.05) is 6.54 Å². The normalized spacial score (nSPS) is 16.8. The molecule has 1 unspecified atom stereocenters. The Morgan fingerprint density at radius 1 is 1.40 bits per heavy atom. The maximum Gasteiger partial charge on any atom is 0.191 e. The van der Waals surface area contributed by atoms with Crippen LogP contribution in [0.15, 0.2) is 29.3 Å². The fourth-order valence-electron chi connectivity index (χ4n) is 1.53. The van der Waals surface area contributed by atoms with E-state index in [4.69, 9.17) is 0 Å². The average Bonchev–Trinajstić information content (AvgIpc) is 2.71. The zero-order chi connectivity index (χ0) is 10.7. The molecule has 3 nitrogen and oxygen atoms in total. The van der Waals surface area contributed by atoms with Gasteiger partial charge >= 0.3 is 0 Å². The molecule has 1 atom stereocenters. The number of aliphatic imine (C=N–C) groups is 1. The highest BCUT2D eigenvalue weighted by atomic mass is 19.1. The van der Waals surface area contributed by atoms with Crippen LogP contribution in [-0.2, 0) is 0 Å². The van der Waals surface area contributed by atoms with Crippen molar-refractivity contribution in [1.29, 1.82) is 0 Å². The van der Waals surface area contributed by atoms with Crippen LogP contribution in [-0.4, -0.2) is 19.0 Å². The Kier molecular flexibility index (Phi) is 2.85. The molecule has 0 radical (unpaired) electrons. The summed E-state index contributed by atoms with van der Waals surface area (Å²) in [6.45, 7) is 3.73. The smallest absolute Gasteiger partial charge is 0.191 e. The van der Waals surface area contributed by atoms with E-state index in [1.807, 2.05) is 6.92 Å². The predicted molar refractivity (Wildman–Crippen MR) is 58.3 cm³/mol. The summed E-state index contributed by atoms with van der Waals surface area (Å²) >= 11 is 0. The van der Waals surface area contributed by atoms with Gasteiger partial charge in [0.05, 0.1) is 12.6 Å². The number of benzene rings is 1. The first-order chi connectivity index (χ1) is 7.25. The molecule has 4 heteroatoms. The number of halogens is 1. The Bertz CT molecular complexity index is 359. The van der Waals surface area contributed by atoms with Crippen molar-refractivity contribution in [2.75, 3.05) is 13.1 Å². The van der Waals surface area contributed by atoms with E-state index < -0.39 is 0 Å². The summed E-state index contributed by atoms with van der Waals surface area (Å²) in [5, 5.41) is 6.36. The Hall–Kier alpha value is -1.58. The largest absolute Gasteiger partial charge is 0.355 e. The summed E-state index contributed by atoms with van der Waals surface area (Å²) in [4.78, 5) is 4.24. The zero-order valence-corrected chi connectivity index (χ0v) is 8.63. The molecule has 0 fully saturated rings. The number of guanidine groups is 1. The van der Waals surface area contributed by atoms with Gasteiger partial charge in [-0.05, 0) is 24.6 Å². The molecule has 15 heavy (non-hydrogen) atoms. The molecular formula is C11H14FN3. The quantitative estimate of drug-likeness (QED) is 0.769. The third-order valence-electron chi connectivity index (χ3n) is 2.40. The molecule has 80 valence electrons. The minimum atomic E-state index is -0.206. The predicted octanol–water partition coefficient (Wildman–Crippen LogP) is 1.44. The molecule has 1 aliphatic rings. The molecule has 2 rings (SSSR count). The molecule has 0 aromatic heterocycles. The van der Waals surface area contributed by atoms with Crippen LogP contribution < -0.4 is 10.6 Å². The van der Waals surface area contributed by atoms with E-state index in [0.29, 0.717) is 0 Å². The van der Waals surface area contributed by atoms with Crippen LogP contribution in [0.2, 0.25) is 0 Å². The second-order valence-electron chi connectivity index (χ2n) is 3.57. The lowest BCUT2D eigenvalue weighted by Crippen LogP contribution is -2.35. The minimum absolute atomic E-state index is 0.134. The summed E-state index contributed by atoms with van der Waals surface area (Å²) in [7, 11) is 0. The van der Waals surface area contributed by atoms with Gasteiger partial charge in [-0.15, -0.1) is 0 Å². The van der Waals surface area contributed by atoms with Crippen LogP contribution in [0.4, 0.5) is 4.39 Å². The molecule has 1 aromatic rings. The molecule has 2 N–H and O–H groups in total. The highest BCUT2D eigenvalue weighted by Gasteiger charge is 2.10. The topological polar surface area (TPSA) is 36.4 Å². The second kappa shape index (κ2) is 4.29. The van der Waals surface area contributed by atoms with Crippen molar-refractivity contribution in [1.82, 2.24) is 10.6 Å². The molecule has 0 saturated heterocycles. The Morgan fingerprint density at radius 3 is 2.73 bits per heavy atom. The lowest BCUT2D eigenvalue weighted by atomic mass is 10.1. The third kappa shape index (κ3) is 2.46. The molecule has 1 aromatic carbocycles. The molecular weight excluding hydrogens is 193 g/mol. The van der Waals surface area contributed by atoms with E-state index in [0.717, 1.165) is 24.6 Å². The lowest BCUT2D eigenvalue weighted by Gasteiger charge is -2.15. The van der Waals surface area contributed by atoms with E-state index in [1.165, 1.54) is 12.1 Å². The van der Waals surface area contributed by atoms with Gasteiger partial charge in [-0.3, -0.25) is 4.99 Å². The maximum atomic E-state index is 12.7. The summed E-state index contributed by atoms with van der Waals surface area (Å²) in [5.41, 5.74) is 1.05. The second-order valence-corrected chi connectivity index (χ2v) is 3.57. The van der Waals surface area contributed by atoms with Crippen molar-refractivity contribution in [3.05, 3.63) is 35.6 Å². The molecule has 0 spiro atoms. The van der Waals surface area contributed by atoms with Crippen LogP contribution in [0.25, 0.3) is 0 Å². The Morgan fingerprint density at radius 2 is 2.13 bits per heavy atom. The number of hydrogen-bond acceptors (Lipinski definition) is 3. The van der Waals surface area contributed by atoms with Crippen molar-refractivity contribution in [3.8, 4) is 0 Å². The standard InChI is InChI=1S/C11H14FN3/c1-8(15-11-13-6-7-14-11)9-2-4-10(12)5-3-9/h2-5,8H,6-7H2,1H3,(H2,13,14,15). The lowest BCUT2D eigenvalue weighted by molar-refractivity contribution is 0.624. The van der Waals surface area contributed by atoms with Crippen LogP contribution in [0, 0.1) is 5.82 Å². The molecule has 1 aliphatic heterocycles. The van der Waals surface area contributed by atoms with Gasteiger partial charge in [-0.1, -0.05) is 12.1 Å². The van der Waals surface area contributed by atoms with Gasteiger partial charge in [-0.25, -0.2) is 4.39 Å². The van der Waals surface area contributed by atoms with Gasteiger partial charge in [0.1, 0.15) is 5.82 Å². The van der Waals surface area contributed by atoms with E-state index in [1.54, 1.807) is 12.1 Å². The SMILES string of the molecule is CC(NC1=NCCN1)c1ccc(F)cc1. The van der Waals surface area contributed by atoms with E-state index in [-0.39, 0.29) is 11.9 Å². The first-order valence-electron chi connectivity index (χ1n) is 5.06. The maximum absolute atomic E-state index is 12.7. The van der Waals surface area contributed by atoms with Gasteiger partial charge in [0.15, 0.2) is 5.96 Å². The van der Waals surface area contributed by atoms with Gasteiger partial charge in [0.25, 0.3) is 0 Å². The molecule has 0 aliphatic carbocycles. The van der Waals surface area contributed by atoms with Crippen molar-refractivity contribution >= 4 is 5.96 Å². The monoisotopic (exact) mass is 207 g/mol. The fraction of sp³-hybridized carbons (Fsp3) is 0.364. The summed E-state index contributed by atoms with van der Waals surface area (Å²) in [6, 6.07) is 6.63. The van der Waals surface area contributed by atoms with Crippen LogP contribution in [0.3, 0.4) is 0 Å². The van der Waals surface area contributed by atoms with Crippen LogP contribution >= 0.6 is 0 Å². The van der Waals surface area contributed by atoms with E-state index in [9.17, 15) is 4.39 Å². The van der Waals surface area contributed by atoms with E-state index in [2.05, 4.69) is 15.6 Å². The Balaban J connectivity index is 2.00. The van der Waals surface area contributed by atoms with Crippen LogP contribution in [0.1, 0.15) is 18.5 Å². The summed E-state index contributed by atoms with van der Waals surface area (Å²) in [6.07, 6.45) is 0. The number of hydrogen-bond donors (Lipinski definition) is 2. The van der Waals surface area contributed by atoms with Gasteiger partial charge in [0.2, 0.25) is 0 Å². The number of nitrogens with one attached hydrogen (secondary N) is 2. The highest BCUT2D eigenvalue weighted by molar-refractivity contribution is 5.81. The Labute approximate surface area is 88.4 Å². The van der Waals surface area contributed by atoms with Gasteiger partial charge < -0.3 is 10.6 Å². The average molecular weight is 207 g/mol. The molecule has 0 amide bonds. The highest BCUT2D eigenvalue weighted by Crippen LogP contribution is 2.12. The number of rotatable bonds is 2. The van der Waals surface area contributed by atoms with E-state index >= 15 is 0 Å². The third-order valence-corrected chi connectivity index (χ3v) is 2.40. The molecule has 0 bridgehead atoms. The van der Waals surface area contributed by atoms with Crippen molar-refractivity contribution in [2.24, 2.45) is 4.99 Å². The van der Waals surface area contributed by atoms with Crippen molar-refractivity contribution in [3.63, 3.8) is 0 Å². The van der Waals surface area contributed by atoms with Gasteiger partial charge in [-0.2, -0.15) is 0 Å². The van der Waals surface area contributed by atoms with Crippen molar-refractivity contribution < 1.29 is 4.39 Å². The number of nitrogens with zero attached hydrogens (tertiary/aromatic N) is 1.